The van der Waals surface area contributed by atoms with Gasteiger partial charge in [-0.3, -0.25) is 4.79 Å². The van der Waals surface area contributed by atoms with Crippen LogP contribution in [0.4, 0.5) is 11.4 Å². The first-order valence-corrected chi connectivity index (χ1v) is 6.76. The molecule has 1 aromatic carbocycles. The highest BCUT2D eigenvalue weighted by Crippen LogP contribution is 2.23. The number of anilines is 2. The van der Waals surface area contributed by atoms with Crippen molar-refractivity contribution in [3.63, 3.8) is 0 Å². The molecule has 1 unspecified atom stereocenters. The predicted molar refractivity (Wildman–Crippen MR) is 82.8 cm³/mol. The summed E-state index contributed by atoms with van der Waals surface area (Å²) >= 11 is 0. The number of nitrogens with one attached hydrogen (secondary N) is 2. The summed E-state index contributed by atoms with van der Waals surface area (Å²) in [5.41, 5.74) is 7.69. The quantitative estimate of drug-likeness (QED) is 0.619. The number of aliphatic hydroxyl groups is 1. The van der Waals surface area contributed by atoms with Gasteiger partial charge in [-0.1, -0.05) is 20.8 Å². The molecule has 0 bridgehead atoms. The zero-order valence-electron chi connectivity index (χ0n) is 12.7. The number of carbonyl (C=O) groups is 1. The van der Waals surface area contributed by atoms with E-state index in [4.69, 9.17) is 5.73 Å². The number of hydrogen-bond acceptors (Lipinski definition) is 4. The van der Waals surface area contributed by atoms with Crippen LogP contribution < -0.4 is 16.4 Å². The SMILES string of the molecule is CNC(=O)c1ccc(N)c(NCC(O)CC(C)(C)C)c1. The lowest BCUT2D eigenvalue weighted by Crippen LogP contribution is -2.25. The number of nitrogens with two attached hydrogens (primary N) is 1. The minimum atomic E-state index is -0.460. The lowest BCUT2D eigenvalue weighted by Gasteiger charge is -2.23. The molecule has 0 heterocycles. The van der Waals surface area contributed by atoms with E-state index in [0.29, 0.717) is 29.9 Å². The summed E-state index contributed by atoms with van der Waals surface area (Å²) in [6.07, 6.45) is 0.229. The number of hydrogen-bond donors (Lipinski definition) is 4. The van der Waals surface area contributed by atoms with E-state index in [0.717, 1.165) is 0 Å². The summed E-state index contributed by atoms with van der Waals surface area (Å²) in [5, 5.41) is 15.6. The molecule has 0 aliphatic heterocycles. The van der Waals surface area contributed by atoms with Crippen LogP contribution in [-0.2, 0) is 0 Å². The molecule has 0 saturated carbocycles. The molecule has 20 heavy (non-hydrogen) atoms. The first-order chi connectivity index (χ1) is 9.23. The van der Waals surface area contributed by atoms with Crippen molar-refractivity contribution >= 4 is 17.3 Å². The molecule has 5 heteroatoms. The van der Waals surface area contributed by atoms with E-state index in [2.05, 4.69) is 31.4 Å². The first-order valence-electron chi connectivity index (χ1n) is 6.76. The van der Waals surface area contributed by atoms with Crippen molar-refractivity contribution < 1.29 is 9.90 Å². The monoisotopic (exact) mass is 279 g/mol. The van der Waals surface area contributed by atoms with Gasteiger partial charge in [-0.2, -0.15) is 0 Å². The standard InChI is InChI=1S/C15H25N3O2/c1-15(2,3)8-11(19)9-18-13-7-10(14(20)17-4)5-6-12(13)16/h5-7,11,18-19H,8-9,16H2,1-4H3,(H,17,20). The maximum absolute atomic E-state index is 11.6. The van der Waals surface area contributed by atoms with Gasteiger partial charge in [0.2, 0.25) is 0 Å². The summed E-state index contributed by atoms with van der Waals surface area (Å²) < 4.78 is 0. The molecule has 0 spiro atoms. The molecule has 1 amide bonds. The molecule has 0 aromatic heterocycles. The molecule has 0 radical (unpaired) electrons. The van der Waals surface area contributed by atoms with E-state index in [1.807, 2.05) is 0 Å². The van der Waals surface area contributed by atoms with Crippen molar-refractivity contribution in [1.29, 1.82) is 0 Å². The smallest absolute Gasteiger partial charge is 0.251 e. The number of aliphatic hydroxyl groups excluding tert-OH is 1. The van der Waals surface area contributed by atoms with Crippen LogP contribution >= 0.6 is 0 Å². The van der Waals surface area contributed by atoms with E-state index in [9.17, 15) is 9.90 Å². The zero-order valence-corrected chi connectivity index (χ0v) is 12.7. The fourth-order valence-electron chi connectivity index (χ4n) is 2.00. The topological polar surface area (TPSA) is 87.4 Å². The Morgan fingerprint density at radius 2 is 2.05 bits per heavy atom. The predicted octanol–water partition coefficient (Wildman–Crippen LogP) is 1.84. The second kappa shape index (κ2) is 6.61. The van der Waals surface area contributed by atoms with Gasteiger partial charge in [0.25, 0.3) is 5.91 Å². The van der Waals surface area contributed by atoms with Crippen molar-refractivity contribution in [3.05, 3.63) is 23.8 Å². The number of rotatable bonds is 5. The maximum Gasteiger partial charge on any atom is 0.251 e. The van der Waals surface area contributed by atoms with Gasteiger partial charge in [-0.25, -0.2) is 0 Å². The minimum absolute atomic E-state index is 0.0661. The molecule has 1 rings (SSSR count). The van der Waals surface area contributed by atoms with Gasteiger partial charge >= 0.3 is 0 Å². The summed E-state index contributed by atoms with van der Waals surface area (Å²) in [4.78, 5) is 11.6. The highest BCUT2D eigenvalue weighted by atomic mass is 16.3. The molecule has 0 fully saturated rings. The van der Waals surface area contributed by atoms with Gasteiger partial charge in [0, 0.05) is 19.2 Å². The van der Waals surface area contributed by atoms with Crippen LogP contribution in [-0.4, -0.2) is 30.7 Å². The first kappa shape index (κ1) is 16.3. The van der Waals surface area contributed by atoms with Gasteiger partial charge in [0.1, 0.15) is 0 Å². The second-order valence-corrected chi connectivity index (χ2v) is 6.18. The number of amides is 1. The summed E-state index contributed by atoms with van der Waals surface area (Å²) in [6.45, 7) is 6.64. The van der Waals surface area contributed by atoms with Crippen LogP contribution in [0.2, 0.25) is 0 Å². The van der Waals surface area contributed by atoms with Crippen LogP contribution in [0.1, 0.15) is 37.6 Å². The normalized spacial score (nSPS) is 12.8. The largest absolute Gasteiger partial charge is 0.397 e. The van der Waals surface area contributed by atoms with Crippen molar-refractivity contribution in [2.24, 2.45) is 5.41 Å². The lowest BCUT2D eigenvalue weighted by molar-refractivity contribution is 0.0963. The van der Waals surface area contributed by atoms with Crippen molar-refractivity contribution in [2.75, 3.05) is 24.6 Å². The number of benzene rings is 1. The summed E-state index contributed by atoms with van der Waals surface area (Å²) in [6, 6.07) is 5.05. The van der Waals surface area contributed by atoms with Gasteiger partial charge in [-0.15, -0.1) is 0 Å². The zero-order chi connectivity index (χ0) is 15.3. The van der Waals surface area contributed by atoms with E-state index in [1.54, 1.807) is 25.2 Å². The van der Waals surface area contributed by atoms with Crippen LogP contribution in [0.5, 0.6) is 0 Å². The Kier molecular flexibility index (Phi) is 5.39. The van der Waals surface area contributed by atoms with Gasteiger partial charge in [0.05, 0.1) is 17.5 Å². The van der Waals surface area contributed by atoms with Crippen LogP contribution in [0.3, 0.4) is 0 Å². The van der Waals surface area contributed by atoms with Crippen LogP contribution in [0, 0.1) is 5.41 Å². The lowest BCUT2D eigenvalue weighted by atomic mass is 9.89. The van der Waals surface area contributed by atoms with Gasteiger partial charge < -0.3 is 21.5 Å². The van der Waals surface area contributed by atoms with Gasteiger partial charge in [-0.05, 0) is 30.0 Å². The molecular weight excluding hydrogens is 254 g/mol. The van der Waals surface area contributed by atoms with E-state index < -0.39 is 6.10 Å². The Labute approximate surface area is 120 Å². The Morgan fingerprint density at radius 1 is 1.40 bits per heavy atom. The van der Waals surface area contributed by atoms with Gasteiger partial charge in [0.15, 0.2) is 0 Å². The van der Waals surface area contributed by atoms with Crippen molar-refractivity contribution in [3.8, 4) is 0 Å². The van der Waals surface area contributed by atoms with Crippen LogP contribution in [0.15, 0.2) is 18.2 Å². The Bertz CT molecular complexity index is 467. The fourth-order valence-corrected chi connectivity index (χ4v) is 2.00. The molecule has 0 aliphatic carbocycles. The van der Waals surface area contributed by atoms with Crippen molar-refractivity contribution in [2.45, 2.75) is 33.3 Å². The average molecular weight is 279 g/mol. The molecule has 5 nitrogen and oxygen atoms in total. The Morgan fingerprint density at radius 3 is 2.60 bits per heavy atom. The molecule has 0 saturated heterocycles. The Balaban J connectivity index is 2.70. The highest BCUT2D eigenvalue weighted by molar-refractivity contribution is 5.96. The van der Waals surface area contributed by atoms with E-state index in [-0.39, 0.29) is 11.3 Å². The molecule has 112 valence electrons. The van der Waals surface area contributed by atoms with E-state index in [1.165, 1.54) is 0 Å². The molecule has 0 aliphatic rings. The molecule has 5 N–H and O–H groups in total. The minimum Gasteiger partial charge on any atom is -0.397 e. The van der Waals surface area contributed by atoms with Crippen LogP contribution in [0.25, 0.3) is 0 Å². The highest BCUT2D eigenvalue weighted by Gasteiger charge is 2.17. The third-order valence-electron chi connectivity index (χ3n) is 2.92. The molecule has 1 atom stereocenters. The third-order valence-corrected chi connectivity index (χ3v) is 2.92. The number of carbonyl (C=O) groups excluding carboxylic acids is 1. The average Bonchev–Trinajstić information content (AvgIpc) is 2.34. The molecular formula is C15H25N3O2. The summed E-state index contributed by atoms with van der Waals surface area (Å²) in [7, 11) is 1.58. The van der Waals surface area contributed by atoms with E-state index >= 15 is 0 Å². The fraction of sp³-hybridized carbons (Fsp3) is 0.533. The second-order valence-electron chi connectivity index (χ2n) is 6.18. The maximum atomic E-state index is 11.6. The van der Waals surface area contributed by atoms with Crippen molar-refractivity contribution in [1.82, 2.24) is 5.32 Å². The Hall–Kier alpha value is -1.75. The molecule has 1 aromatic rings. The third kappa shape index (κ3) is 5.09. The number of nitrogen functional groups attached to an aromatic ring is 1. The summed E-state index contributed by atoms with van der Waals surface area (Å²) in [5.74, 6) is -0.164.